The van der Waals surface area contributed by atoms with Crippen LogP contribution in [0.5, 0.6) is 5.75 Å². The molecule has 2 aromatic carbocycles. The Morgan fingerprint density at radius 2 is 1.93 bits per heavy atom. The summed E-state index contributed by atoms with van der Waals surface area (Å²) < 4.78 is 18.9. The van der Waals surface area contributed by atoms with Crippen LogP contribution in [0.2, 0.25) is 0 Å². The van der Waals surface area contributed by atoms with E-state index in [4.69, 9.17) is 4.74 Å². The summed E-state index contributed by atoms with van der Waals surface area (Å²) in [5.74, 6) is -0.232. The Kier molecular flexibility index (Phi) is 5.96. The summed E-state index contributed by atoms with van der Waals surface area (Å²) in [6.07, 6.45) is 0.739. The van der Waals surface area contributed by atoms with Gasteiger partial charge in [-0.3, -0.25) is 0 Å². The number of nitrogens with one attached hydrogen (secondary N) is 3. The maximum atomic E-state index is 13.5. The first-order valence-corrected chi connectivity index (χ1v) is 9.02. The van der Waals surface area contributed by atoms with E-state index < -0.39 is 5.82 Å². The van der Waals surface area contributed by atoms with E-state index in [1.807, 2.05) is 32.0 Å². The molecule has 0 saturated heterocycles. The Labute approximate surface area is 157 Å². The first kappa shape index (κ1) is 18.8. The van der Waals surface area contributed by atoms with Gasteiger partial charge in [0.05, 0.1) is 6.04 Å². The fourth-order valence-corrected chi connectivity index (χ4v) is 3.05. The van der Waals surface area contributed by atoms with Crippen molar-refractivity contribution in [2.45, 2.75) is 26.3 Å². The smallest absolute Gasteiger partial charge is 0.315 e. The molecular weight excluding hydrogens is 345 g/mol. The Balaban J connectivity index is 1.44. The van der Waals surface area contributed by atoms with Crippen LogP contribution in [-0.4, -0.2) is 30.2 Å². The molecule has 3 N–H and O–H groups in total. The van der Waals surface area contributed by atoms with Crippen LogP contribution in [0, 0.1) is 12.7 Å². The number of para-hydroxylation sites is 2. The van der Waals surface area contributed by atoms with Crippen molar-refractivity contribution in [2.75, 3.05) is 13.2 Å². The van der Waals surface area contributed by atoms with Crippen molar-refractivity contribution in [3.05, 3.63) is 65.6 Å². The number of carbonyl (C=O) groups excluding carboxylic acids is 1. The molecule has 5 nitrogen and oxygen atoms in total. The molecule has 0 aliphatic rings. The Morgan fingerprint density at radius 3 is 2.74 bits per heavy atom. The number of benzene rings is 2. The molecule has 2 amide bonds. The standard InChI is InChI=1S/C21H24FN3O2/c1-14(13-27-20-10-6-4-8-18(20)22)24-21(26)23-12-11-16-15(2)25-19-9-5-3-7-17(16)19/h3-10,14,25H,11-13H2,1-2H3,(H2,23,24,26). The molecule has 6 heteroatoms. The highest BCUT2D eigenvalue weighted by Gasteiger charge is 2.11. The van der Waals surface area contributed by atoms with E-state index in [1.165, 1.54) is 17.0 Å². The molecule has 0 bridgehead atoms. The minimum Gasteiger partial charge on any atom is -0.488 e. The van der Waals surface area contributed by atoms with E-state index in [-0.39, 0.29) is 24.4 Å². The topological polar surface area (TPSA) is 66.2 Å². The van der Waals surface area contributed by atoms with Crippen LogP contribution in [0.1, 0.15) is 18.2 Å². The molecule has 0 spiro atoms. The van der Waals surface area contributed by atoms with Gasteiger partial charge in [-0.1, -0.05) is 30.3 Å². The van der Waals surface area contributed by atoms with Crippen LogP contribution in [-0.2, 0) is 6.42 Å². The highest BCUT2D eigenvalue weighted by molar-refractivity contribution is 5.84. The molecular formula is C21H24FN3O2. The molecule has 0 aliphatic carbocycles. The number of halogens is 1. The fourth-order valence-electron chi connectivity index (χ4n) is 3.05. The number of aromatic nitrogens is 1. The molecule has 3 aromatic rings. The lowest BCUT2D eigenvalue weighted by Crippen LogP contribution is -2.43. The van der Waals surface area contributed by atoms with Gasteiger partial charge in [0.15, 0.2) is 11.6 Å². The number of H-pyrrole nitrogens is 1. The zero-order chi connectivity index (χ0) is 19.2. The number of fused-ring (bicyclic) bond motifs is 1. The molecule has 1 atom stereocenters. The molecule has 142 valence electrons. The van der Waals surface area contributed by atoms with Crippen LogP contribution in [0.25, 0.3) is 10.9 Å². The van der Waals surface area contributed by atoms with Gasteiger partial charge in [-0.15, -0.1) is 0 Å². The van der Waals surface area contributed by atoms with Gasteiger partial charge < -0.3 is 20.4 Å². The number of hydrogen-bond acceptors (Lipinski definition) is 2. The summed E-state index contributed by atoms with van der Waals surface area (Å²) >= 11 is 0. The number of carbonyl (C=O) groups is 1. The van der Waals surface area contributed by atoms with Crippen molar-refractivity contribution in [3.8, 4) is 5.75 Å². The highest BCUT2D eigenvalue weighted by Crippen LogP contribution is 2.21. The average molecular weight is 369 g/mol. The maximum absolute atomic E-state index is 13.5. The lowest BCUT2D eigenvalue weighted by atomic mass is 10.1. The van der Waals surface area contributed by atoms with Gasteiger partial charge in [-0.25, -0.2) is 9.18 Å². The first-order chi connectivity index (χ1) is 13.0. The fraction of sp³-hybridized carbons (Fsp3) is 0.286. The van der Waals surface area contributed by atoms with Crippen LogP contribution in [0.15, 0.2) is 48.5 Å². The number of aromatic amines is 1. The summed E-state index contributed by atoms with van der Waals surface area (Å²) in [6.45, 7) is 4.56. The number of amides is 2. The van der Waals surface area contributed by atoms with Crippen molar-refractivity contribution in [1.29, 1.82) is 0 Å². The van der Waals surface area contributed by atoms with E-state index in [2.05, 4.69) is 21.7 Å². The number of ether oxygens (including phenoxy) is 1. The van der Waals surface area contributed by atoms with Gasteiger partial charge >= 0.3 is 6.03 Å². The monoisotopic (exact) mass is 369 g/mol. The van der Waals surface area contributed by atoms with Crippen LogP contribution in [0.4, 0.5) is 9.18 Å². The third-order valence-corrected chi connectivity index (χ3v) is 4.39. The van der Waals surface area contributed by atoms with E-state index in [9.17, 15) is 9.18 Å². The van der Waals surface area contributed by atoms with Gasteiger partial charge in [0.2, 0.25) is 0 Å². The van der Waals surface area contributed by atoms with E-state index in [0.29, 0.717) is 6.54 Å². The van der Waals surface area contributed by atoms with Crippen molar-refractivity contribution < 1.29 is 13.9 Å². The summed E-state index contributed by atoms with van der Waals surface area (Å²) in [5.41, 5.74) is 3.43. The SMILES string of the molecule is Cc1[nH]c2ccccc2c1CCNC(=O)NC(C)COc1ccccc1F. The van der Waals surface area contributed by atoms with Crippen molar-refractivity contribution >= 4 is 16.9 Å². The molecule has 0 fully saturated rings. The van der Waals surface area contributed by atoms with Gasteiger partial charge in [0.25, 0.3) is 0 Å². The maximum Gasteiger partial charge on any atom is 0.315 e. The van der Waals surface area contributed by atoms with Gasteiger partial charge in [-0.05, 0) is 44.0 Å². The molecule has 1 unspecified atom stereocenters. The second kappa shape index (κ2) is 8.58. The van der Waals surface area contributed by atoms with Gasteiger partial charge in [-0.2, -0.15) is 0 Å². The Hall–Kier alpha value is -3.02. The molecule has 0 aliphatic heterocycles. The largest absolute Gasteiger partial charge is 0.488 e. The summed E-state index contributed by atoms with van der Waals surface area (Å²) in [6, 6.07) is 13.8. The third-order valence-electron chi connectivity index (χ3n) is 4.39. The predicted octanol–water partition coefficient (Wildman–Crippen LogP) is 3.92. The van der Waals surface area contributed by atoms with Gasteiger partial charge in [0, 0.05) is 23.1 Å². The number of rotatable bonds is 7. The summed E-state index contributed by atoms with van der Waals surface area (Å²) in [5, 5.41) is 6.84. The number of urea groups is 1. The Bertz CT molecular complexity index is 923. The Morgan fingerprint density at radius 1 is 1.19 bits per heavy atom. The van der Waals surface area contributed by atoms with Crippen molar-refractivity contribution in [3.63, 3.8) is 0 Å². The van der Waals surface area contributed by atoms with Crippen molar-refractivity contribution in [1.82, 2.24) is 15.6 Å². The van der Waals surface area contributed by atoms with Crippen LogP contribution in [0.3, 0.4) is 0 Å². The number of aryl methyl sites for hydroxylation is 1. The predicted molar refractivity (Wildman–Crippen MR) is 105 cm³/mol. The molecule has 0 saturated carbocycles. The first-order valence-electron chi connectivity index (χ1n) is 9.02. The minimum atomic E-state index is -0.414. The summed E-state index contributed by atoms with van der Waals surface area (Å²) in [7, 11) is 0. The molecule has 0 radical (unpaired) electrons. The zero-order valence-corrected chi connectivity index (χ0v) is 15.5. The van der Waals surface area contributed by atoms with E-state index in [1.54, 1.807) is 18.2 Å². The van der Waals surface area contributed by atoms with Crippen LogP contribution >= 0.6 is 0 Å². The molecule has 3 rings (SSSR count). The molecule has 1 heterocycles. The van der Waals surface area contributed by atoms with Gasteiger partial charge in [0.1, 0.15) is 6.61 Å². The molecule has 27 heavy (non-hydrogen) atoms. The van der Waals surface area contributed by atoms with Crippen molar-refractivity contribution in [2.24, 2.45) is 0 Å². The number of hydrogen-bond donors (Lipinski definition) is 3. The quantitative estimate of drug-likeness (QED) is 0.591. The average Bonchev–Trinajstić information content (AvgIpc) is 2.96. The summed E-state index contributed by atoms with van der Waals surface area (Å²) in [4.78, 5) is 15.4. The second-order valence-corrected chi connectivity index (χ2v) is 6.57. The van der Waals surface area contributed by atoms with E-state index >= 15 is 0 Å². The van der Waals surface area contributed by atoms with Crippen LogP contribution < -0.4 is 15.4 Å². The zero-order valence-electron chi connectivity index (χ0n) is 15.5. The molecule has 1 aromatic heterocycles. The second-order valence-electron chi connectivity index (χ2n) is 6.57. The van der Waals surface area contributed by atoms with E-state index in [0.717, 1.165) is 17.6 Å². The third kappa shape index (κ3) is 4.78. The lowest BCUT2D eigenvalue weighted by molar-refractivity contribution is 0.224. The minimum absolute atomic E-state index is 0.182. The lowest BCUT2D eigenvalue weighted by Gasteiger charge is -2.16. The highest BCUT2D eigenvalue weighted by atomic mass is 19.1. The normalized spacial score (nSPS) is 12.0.